The molecule has 0 radical (unpaired) electrons. The normalized spacial score (nSPS) is 10.1. The third-order valence-electron chi connectivity index (χ3n) is 2.38. The van der Waals surface area contributed by atoms with Crippen LogP contribution in [0.1, 0.15) is 51.9 Å². The molecule has 0 saturated carbocycles. The summed E-state index contributed by atoms with van der Waals surface area (Å²) in [6, 6.07) is 0. The van der Waals surface area contributed by atoms with Gasteiger partial charge in [-0.1, -0.05) is 38.7 Å². The van der Waals surface area contributed by atoms with Crippen LogP contribution in [0, 0.1) is 0 Å². The van der Waals surface area contributed by atoms with Gasteiger partial charge in [0.05, 0.1) is 6.61 Å². The van der Waals surface area contributed by atoms with Crippen molar-refractivity contribution < 1.29 is 14.6 Å². The smallest absolute Gasteiger partial charge is 0.333 e. The first-order valence-corrected chi connectivity index (χ1v) is 6.12. The average molecular weight is 228 g/mol. The molecular weight excluding hydrogens is 204 g/mol. The SMILES string of the molecule is C=C(C)C(=O)OCCCCCCCCCO. The van der Waals surface area contributed by atoms with Crippen LogP contribution in [0.5, 0.6) is 0 Å². The number of hydrogen-bond donors (Lipinski definition) is 1. The van der Waals surface area contributed by atoms with Gasteiger partial charge in [0.2, 0.25) is 0 Å². The Morgan fingerprint density at radius 3 is 2.06 bits per heavy atom. The Morgan fingerprint density at radius 2 is 1.56 bits per heavy atom. The molecule has 16 heavy (non-hydrogen) atoms. The lowest BCUT2D eigenvalue weighted by Gasteiger charge is -2.04. The molecule has 0 aromatic rings. The van der Waals surface area contributed by atoms with Crippen molar-refractivity contribution in [3.8, 4) is 0 Å². The zero-order valence-electron chi connectivity index (χ0n) is 10.3. The number of hydrogen-bond acceptors (Lipinski definition) is 3. The highest BCUT2D eigenvalue weighted by Crippen LogP contribution is 2.07. The van der Waals surface area contributed by atoms with E-state index in [2.05, 4.69) is 6.58 Å². The summed E-state index contributed by atoms with van der Waals surface area (Å²) in [5, 5.41) is 8.58. The number of unbranched alkanes of at least 4 members (excludes halogenated alkanes) is 6. The third kappa shape index (κ3) is 9.71. The van der Waals surface area contributed by atoms with E-state index in [0.29, 0.717) is 18.8 Å². The van der Waals surface area contributed by atoms with Crippen molar-refractivity contribution in [3.63, 3.8) is 0 Å². The van der Waals surface area contributed by atoms with E-state index in [1.54, 1.807) is 6.92 Å². The monoisotopic (exact) mass is 228 g/mol. The number of esters is 1. The van der Waals surface area contributed by atoms with E-state index in [-0.39, 0.29) is 5.97 Å². The first-order valence-electron chi connectivity index (χ1n) is 6.12. The second-order valence-corrected chi connectivity index (χ2v) is 4.11. The highest BCUT2D eigenvalue weighted by atomic mass is 16.5. The maximum absolute atomic E-state index is 11.0. The maximum Gasteiger partial charge on any atom is 0.333 e. The van der Waals surface area contributed by atoms with Gasteiger partial charge >= 0.3 is 5.97 Å². The van der Waals surface area contributed by atoms with Gasteiger partial charge in [-0.15, -0.1) is 0 Å². The van der Waals surface area contributed by atoms with Crippen LogP contribution in [-0.2, 0) is 9.53 Å². The molecule has 0 aliphatic carbocycles. The van der Waals surface area contributed by atoms with Gasteiger partial charge in [-0.25, -0.2) is 4.79 Å². The quantitative estimate of drug-likeness (QED) is 0.355. The van der Waals surface area contributed by atoms with E-state index in [1.165, 1.54) is 19.3 Å². The van der Waals surface area contributed by atoms with Crippen LogP contribution in [0.2, 0.25) is 0 Å². The van der Waals surface area contributed by atoms with Gasteiger partial charge < -0.3 is 9.84 Å². The Hall–Kier alpha value is -0.830. The fourth-order valence-corrected chi connectivity index (χ4v) is 1.39. The molecule has 0 aliphatic heterocycles. The Kier molecular flexibility index (Phi) is 10.1. The Labute approximate surface area is 98.5 Å². The van der Waals surface area contributed by atoms with E-state index in [9.17, 15) is 4.79 Å². The standard InChI is InChI=1S/C13H24O3/c1-12(2)13(15)16-11-9-7-5-3-4-6-8-10-14/h14H,1,3-11H2,2H3. The number of rotatable bonds is 10. The van der Waals surface area contributed by atoms with E-state index >= 15 is 0 Å². The van der Waals surface area contributed by atoms with E-state index in [1.807, 2.05) is 0 Å². The highest BCUT2D eigenvalue weighted by Gasteiger charge is 2.01. The number of aliphatic hydroxyl groups excluding tert-OH is 1. The van der Waals surface area contributed by atoms with Gasteiger partial charge in [0.25, 0.3) is 0 Å². The molecule has 0 aromatic heterocycles. The summed E-state index contributed by atoms with van der Waals surface area (Å²) in [6.45, 7) is 5.98. The second-order valence-electron chi connectivity index (χ2n) is 4.11. The Morgan fingerprint density at radius 1 is 1.06 bits per heavy atom. The summed E-state index contributed by atoms with van der Waals surface area (Å²) in [5.74, 6) is -0.289. The van der Waals surface area contributed by atoms with E-state index < -0.39 is 0 Å². The van der Waals surface area contributed by atoms with E-state index in [4.69, 9.17) is 9.84 Å². The second kappa shape index (κ2) is 10.7. The van der Waals surface area contributed by atoms with Gasteiger partial charge in [-0.05, 0) is 19.8 Å². The van der Waals surface area contributed by atoms with Crippen molar-refractivity contribution in [1.29, 1.82) is 0 Å². The molecule has 94 valence electrons. The van der Waals surface area contributed by atoms with Crippen LogP contribution >= 0.6 is 0 Å². The lowest BCUT2D eigenvalue weighted by atomic mass is 10.1. The fourth-order valence-electron chi connectivity index (χ4n) is 1.39. The van der Waals surface area contributed by atoms with Crippen LogP contribution in [0.25, 0.3) is 0 Å². The van der Waals surface area contributed by atoms with Crippen molar-refractivity contribution >= 4 is 5.97 Å². The van der Waals surface area contributed by atoms with E-state index in [0.717, 1.165) is 25.7 Å². The molecule has 0 rings (SSSR count). The molecule has 0 bridgehead atoms. The topological polar surface area (TPSA) is 46.5 Å². The summed E-state index contributed by atoms with van der Waals surface area (Å²) in [4.78, 5) is 11.0. The minimum absolute atomic E-state index is 0.289. The van der Waals surface area contributed by atoms with Crippen LogP contribution in [0.4, 0.5) is 0 Å². The molecular formula is C13H24O3. The molecule has 0 spiro atoms. The van der Waals surface area contributed by atoms with Gasteiger partial charge in [0.15, 0.2) is 0 Å². The predicted molar refractivity (Wildman–Crippen MR) is 65.2 cm³/mol. The summed E-state index contributed by atoms with van der Waals surface area (Å²) in [6.07, 6.45) is 7.62. The number of aliphatic hydroxyl groups is 1. The molecule has 3 nitrogen and oxygen atoms in total. The number of carbonyl (C=O) groups excluding carboxylic acids is 1. The fraction of sp³-hybridized carbons (Fsp3) is 0.769. The molecule has 0 saturated heterocycles. The van der Waals surface area contributed by atoms with Crippen LogP contribution in [0.3, 0.4) is 0 Å². The zero-order valence-corrected chi connectivity index (χ0v) is 10.3. The molecule has 0 fully saturated rings. The van der Waals surface area contributed by atoms with Crippen LogP contribution in [0.15, 0.2) is 12.2 Å². The first kappa shape index (κ1) is 15.2. The van der Waals surface area contributed by atoms with Gasteiger partial charge in [0, 0.05) is 12.2 Å². The van der Waals surface area contributed by atoms with Gasteiger partial charge in [-0.2, -0.15) is 0 Å². The predicted octanol–water partition coefficient (Wildman–Crippen LogP) is 2.83. The molecule has 0 aromatic carbocycles. The van der Waals surface area contributed by atoms with Crippen molar-refractivity contribution in [3.05, 3.63) is 12.2 Å². The van der Waals surface area contributed by atoms with Crippen molar-refractivity contribution in [2.75, 3.05) is 13.2 Å². The summed E-state index contributed by atoms with van der Waals surface area (Å²) < 4.78 is 4.98. The van der Waals surface area contributed by atoms with Gasteiger partial charge in [0.1, 0.15) is 0 Å². The minimum atomic E-state index is -0.289. The summed E-state index contributed by atoms with van der Waals surface area (Å²) in [5.41, 5.74) is 0.462. The molecule has 1 N–H and O–H groups in total. The Balaban J connectivity index is 3.10. The third-order valence-corrected chi connectivity index (χ3v) is 2.38. The minimum Gasteiger partial charge on any atom is -0.462 e. The highest BCUT2D eigenvalue weighted by molar-refractivity contribution is 5.86. The van der Waals surface area contributed by atoms with Crippen molar-refractivity contribution in [2.24, 2.45) is 0 Å². The van der Waals surface area contributed by atoms with Crippen LogP contribution in [-0.4, -0.2) is 24.3 Å². The summed E-state index contributed by atoms with van der Waals surface area (Å²) in [7, 11) is 0. The Bertz CT molecular complexity index is 199. The maximum atomic E-state index is 11.0. The lowest BCUT2D eigenvalue weighted by Crippen LogP contribution is -2.05. The number of carbonyl (C=O) groups is 1. The molecule has 0 heterocycles. The lowest BCUT2D eigenvalue weighted by molar-refractivity contribution is -0.139. The molecule has 0 amide bonds. The molecule has 0 unspecified atom stereocenters. The first-order chi connectivity index (χ1) is 7.68. The average Bonchev–Trinajstić information content (AvgIpc) is 2.26. The van der Waals surface area contributed by atoms with Crippen LogP contribution < -0.4 is 0 Å². The molecule has 0 atom stereocenters. The summed E-state index contributed by atoms with van der Waals surface area (Å²) >= 11 is 0. The molecule has 0 aliphatic rings. The largest absolute Gasteiger partial charge is 0.462 e. The zero-order chi connectivity index (χ0) is 12.2. The number of ether oxygens (including phenoxy) is 1. The van der Waals surface area contributed by atoms with Crippen molar-refractivity contribution in [1.82, 2.24) is 0 Å². The van der Waals surface area contributed by atoms with Crippen molar-refractivity contribution in [2.45, 2.75) is 51.9 Å². The van der Waals surface area contributed by atoms with Gasteiger partial charge in [-0.3, -0.25) is 0 Å². The molecule has 3 heteroatoms.